The topological polar surface area (TPSA) is 3.24 Å². The Kier molecular flexibility index (Phi) is 33.0. The van der Waals surface area contributed by atoms with Gasteiger partial charge in [-0.15, -0.1) is 6.58 Å². The number of rotatable bonds is 10. The molecule has 0 bridgehead atoms. The molecule has 0 aromatic heterocycles. The third-order valence-corrected chi connectivity index (χ3v) is 4.97. The predicted molar refractivity (Wildman–Crippen MR) is 159 cm³/mol. The fraction of sp³-hybridized carbons (Fsp3) is 0.625. The normalized spacial score (nSPS) is 9.73. The highest BCUT2D eigenvalue weighted by Gasteiger charge is 2.05. The summed E-state index contributed by atoms with van der Waals surface area (Å²) in [6, 6.07) is 6.59. The van der Waals surface area contributed by atoms with Gasteiger partial charge >= 0.3 is 0 Å². The first kappa shape index (κ1) is 38.5. The van der Waals surface area contributed by atoms with Crippen molar-refractivity contribution in [2.24, 2.45) is 0 Å². The van der Waals surface area contributed by atoms with Gasteiger partial charge in [0.1, 0.15) is 0 Å². The summed E-state index contributed by atoms with van der Waals surface area (Å²) in [7, 11) is 0. The molecule has 1 aromatic rings. The molecule has 194 valence electrons. The molecule has 33 heavy (non-hydrogen) atoms. The molecule has 0 aliphatic rings. The van der Waals surface area contributed by atoms with Gasteiger partial charge in [0, 0.05) is 18.8 Å². The second kappa shape index (κ2) is 28.3. The van der Waals surface area contributed by atoms with Crippen LogP contribution in [0, 0.1) is 6.92 Å². The van der Waals surface area contributed by atoms with E-state index in [-0.39, 0.29) is 0 Å². The minimum Gasteiger partial charge on any atom is -0.375 e. The van der Waals surface area contributed by atoms with E-state index >= 15 is 0 Å². The van der Waals surface area contributed by atoms with E-state index in [1.807, 2.05) is 47.6 Å². The Hall–Kier alpha value is -1.76. The van der Waals surface area contributed by atoms with E-state index in [9.17, 15) is 0 Å². The van der Waals surface area contributed by atoms with Crippen LogP contribution < -0.4 is 0 Å². The third kappa shape index (κ3) is 19.4. The van der Waals surface area contributed by atoms with Crippen molar-refractivity contribution >= 4 is 5.57 Å². The third-order valence-electron chi connectivity index (χ3n) is 4.97. The van der Waals surface area contributed by atoms with Crippen LogP contribution in [0.2, 0.25) is 0 Å². The Bertz CT molecular complexity index is 601. The summed E-state index contributed by atoms with van der Waals surface area (Å²) in [6.45, 7) is 37.5. The van der Waals surface area contributed by atoms with Crippen molar-refractivity contribution in [1.82, 2.24) is 4.90 Å². The molecular weight excluding hydrogens is 398 g/mol. The molecule has 0 spiro atoms. The summed E-state index contributed by atoms with van der Waals surface area (Å²) < 4.78 is 0. The smallest absolute Gasteiger partial charge is 0.0172 e. The van der Waals surface area contributed by atoms with Crippen LogP contribution >= 0.6 is 0 Å². The molecule has 0 aliphatic heterocycles. The second-order valence-electron chi connectivity index (χ2n) is 7.46. The van der Waals surface area contributed by atoms with E-state index < -0.39 is 0 Å². The standard InChI is InChI=1S/C14H27N.C12H16.3C2H6/c1-6-9-10-13(4)14(5)15(11-7-2)12-8-3;1-5-11-7-6-10(4)12(8-11)9(2)3;3*1-2/h6H,1,7-12H2,2-5H3;6-8H,2,5H2,1,3-4H3;3*1-2H3/b14-13+;;;;. The van der Waals surface area contributed by atoms with Gasteiger partial charge in [0.2, 0.25) is 0 Å². The molecule has 0 saturated carbocycles. The largest absolute Gasteiger partial charge is 0.375 e. The predicted octanol–water partition coefficient (Wildman–Crippen LogP) is 11.0. The Morgan fingerprint density at radius 2 is 1.36 bits per heavy atom. The SMILES string of the molecule is C=C(C)c1cc(CC)ccc1C.C=CCC/C(C)=C(\C)N(CCC)CCC.CC.CC.CC. The molecule has 0 heterocycles. The first-order valence-electron chi connectivity index (χ1n) is 13.6. The van der Waals surface area contributed by atoms with Gasteiger partial charge in [-0.05, 0) is 76.5 Å². The van der Waals surface area contributed by atoms with Crippen LogP contribution in [0.15, 0.2) is 48.7 Å². The minimum absolute atomic E-state index is 1.09. The molecule has 0 fully saturated rings. The number of benzene rings is 1. The molecule has 0 saturated heterocycles. The Morgan fingerprint density at radius 1 is 0.879 bits per heavy atom. The molecule has 1 rings (SSSR count). The Labute approximate surface area is 211 Å². The molecule has 0 N–H and O–H groups in total. The molecule has 1 aromatic carbocycles. The lowest BCUT2D eigenvalue weighted by molar-refractivity contribution is 0.340. The number of hydrogen-bond donors (Lipinski definition) is 0. The van der Waals surface area contributed by atoms with Gasteiger partial charge in [-0.25, -0.2) is 0 Å². The highest BCUT2D eigenvalue weighted by Crippen LogP contribution is 2.18. The Balaban J connectivity index is -0.000000210. The van der Waals surface area contributed by atoms with Gasteiger partial charge in [-0.3, -0.25) is 0 Å². The van der Waals surface area contributed by atoms with Crippen LogP contribution in [0.3, 0.4) is 0 Å². The fourth-order valence-corrected chi connectivity index (χ4v) is 3.11. The summed E-state index contributed by atoms with van der Waals surface area (Å²) in [4.78, 5) is 2.51. The van der Waals surface area contributed by atoms with Crippen LogP contribution in [0.4, 0.5) is 0 Å². The van der Waals surface area contributed by atoms with Gasteiger partial charge < -0.3 is 4.90 Å². The van der Waals surface area contributed by atoms with Crippen LogP contribution in [0.25, 0.3) is 5.57 Å². The summed E-state index contributed by atoms with van der Waals surface area (Å²) in [5.41, 5.74) is 8.15. The number of allylic oxidation sites excluding steroid dienone is 4. The number of hydrogen-bond acceptors (Lipinski definition) is 1. The maximum absolute atomic E-state index is 3.96. The highest BCUT2D eigenvalue weighted by molar-refractivity contribution is 5.64. The zero-order chi connectivity index (χ0) is 26.8. The van der Waals surface area contributed by atoms with Crippen molar-refractivity contribution in [3.05, 3.63) is 65.4 Å². The van der Waals surface area contributed by atoms with Gasteiger partial charge in [-0.2, -0.15) is 0 Å². The van der Waals surface area contributed by atoms with E-state index in [0.717, 1.165) is 24.8 Å². The average Bonchev–Trinajstić information content (AvgIpc) is 2.86. The average molecular weight is 460 g/mol. The quantitative estimate of drug-likeness (QED) is 0.314. The van der Waals surface area contributed by atoms with Gasteiger partial charge in [-0.1, -0.05) is 104 Å². The van der Waals surface area contributed by atoms with Crippen molar-refractivity contribution in [2.45, 2.75) is 122 Å². The molecule has 0 radical (unpaired) electrons. The van der Waals surface area contributed by atoms with E-state index in [1.54, 1.807) is 0 Å². The Morgan fingerprint density at radius 3 is 1.73 bits per heavy atom. The molecular formula is C32H61N. The summed E-state index contributed by atoms with van der Waals surface area (Å²) in [5.74, 6) is 0. The van der Waals surface area contributed by atoms with Crippen molar-refractivity contribution in [2.75, 3.05) is 13.1 Å². The molecule has 1 nitrogen and oxygen atoms in total. The fourth-order valence-electron chi connectivity index (χ4n) is 3.11. The maximum Gasteiger partial charge on any atom is 0.0172 e. The summed E-state index contributed by atoms with van der Waals surface area (Å²) in [5, 5.41) is 0. The van der Waals surface area contributed by atoms with Crippen molar-refractivity contribution in [3.8, 4) is 0 Å². The molecule has 0 atom stereocenters. The van der Waals surface area contributed by atoms with Crippen LogP contribution in [-0.4, -0.2) is 18.0 Å². The first-order chi connectivity index (χ1) is 15.8. The van der Waals surface area contributed by atoms with Crippen LogP contribution in [0.5, 0.6) is 0 Å². The monoisotopic (exact) mass is 459 g/mol. The van der Waals surface area contributed by atoms with Crippen molar-refractivity contribution < 1.29 is 0 Å². The first-order valence-corrected chi connectivity index (χ1v) is 13.6. The lowest BCUT2D eigenvalue weighted by Gasteiger charge is -2.26. The summed E-state index contributed by atoms with van der Waals surface area (Å²) in [6.07, 6.45) is 7.80. The minimum atomic E-state index is 1.09. The van der Waals surface area contributed by atoms with Gasteiger partial charge in [0.25, 0.3) is 0 Å². The zero-order valence-corrected chi connectivity index (χ0v) is 25.1. The van der Waals surface area contributed by atoms with Crippen LogP contribution in [-0.2, 0) is 6.42 Å². The van der Waals surface area contributed by atoms with Gasteiger partial charge in [0.05, 0.1) is 0 Å². The molecule has 0 amide bonds. The second-order valence-corrected chi connectivity index (χ2v) is 7.46. The van der Waals surface area contributed by atoms with E-state index in [0.29, 0.717) is 0 Å². The van der Waals surface area contributed by atoms with Crippen molar-refractivity contribution in [1.29, 1.82) is 0 Å². The number of aryl methyl sites for hydroxylation is 2. The van der Waals surface area contributed by atoms with Crippen molar-refractivity contribution in [3.63, 3.8) is 0 Å². The van der Waals surface area contributed by atoms with E-state index in [2.05, 4.69) is 84.7 Å². The van der Waals surface area contributed by atoms with E-state index in [4.69, 9.17) is 0 Å². The molecule has 1 heteroatoms. The number of nitrogens with zero attached hydrogens (tertiary/aromatic N) is 1. The van der Waals surface area contributed by atoms with Crippen LogP contribution in [0.1, 0.15) is 125 Å². The zero-order valence-electron chi connectivity index (χ0n) is 25.1. The lowest BCUT2D eigenvalue weighted by atomic mass is 9.99. The lowest BCUT2D eigenvalue weighted by Crippen LogP contribution is -2.24. The maximum atomic E-state index is 3.96. The van der Waals surface area contributed by atoms with E-state index in [1.165, 1.54) is 53.9 Å². The highest BCUT2D eigenvalue weighted by atomic mass is 15.1. The summed E-state index contributed by atoms with van der Waals surface area (Å²) >= 11 is 0. The molecule has 0 unspecified atom stereocenters. The molecule has 0 aliphatic carbocycles. The van der Waals surface area contributed by atoms with Gasteiger partial charge in [0.15, 0.2) is 0 Å².